The van der Waals surface area contributed by atoms with Crippen molar-refractivity contribution in [2.24, 2.45) is 0 Å². The van der Waals surface area contributed by atoms with Crippen molar-refractivity contribution in [3.63, 3.8) is 0 Å². The molecule has 0 saturated carbocycles. The molecular formula is C11H9N2O3-. The van der Waals surface area contributed by atoms with Crippen LogP contribution in [0, 0.1) is 6.92 Å². The normalized spacial score (nSPS) is 10.3. The Morgan fingerprint density at radius 2 is 2.31 bits per heavy atom. The van der Waals surface area contributed by atoms with Crippen LogP contribution in [0.5, 0.6) is 0 Å². The van der Waals surface area contributed by atoms with Crippen LogP contribution in [0.25, 0.3) is 11.5 Å². The van der Waals surface area contributed by atoms with Crippen LogP contribution >= 0.6 is 0 Å². The number of aromatic nitrogens is 2. The highest BCUT2D eigenvalue weighted by Gasteiger charge is 2.08. The van der Waals surface area contributed by atoms with Crippen LogP contribution in [0.4, 0.5) is 0 Å². The number of hydrogen-bond donors (Lipinski definition) is 0. The molecule has 2 rings (SSSR count). The van der Waals surface area contributed by atoms with E-state index in [2.05, 4.69) is 10.1 Å². The fourth-order valence-electron chi connectivity index (χ4n) is 1.35. The minimum atomic E-state index is -1.23. The molecular weight excluding hydrogens is 208 g/mol. The lowest BCUT2D eigenvalue weighted by molar-refractivity contribution is -0.304. The van der Waals surface area contributed by atoms with E-state index < -0.39 is 5.97 Å². The van der Waals surface area contributed by atoms with Gasteiger partial charge in [-0.25, -0.2) is 0 Å². The van der Waals surface area contributed by atoms with Gasteiger partial charge in [0.15, 0.2) is 5.82 Å². The van der Waals surface area contributed by atoms with Crippen LogP contribution in [-0.4, -0.2) is 16.1 Å². The first-order chi connectivity index (χ1) is 7.65. The van der Waals surface area contributed by atoms with Crippen LogP contribution in [-0.2, 0) is 11.2 Å². The Labute approximate surface area is 91.7 Å². The Morgan fingerprint density at radius 3 is 3.00 bits per heavy atom. The molecule has 0 N–H and O–H groups in total. The van der Waals surface area contributed by atoms with E-state index in [1.807, 2.05) is 31.2 Å². The van der Waals surface area contributed by atoms with E-state index in [-0.39, 0.29) is 12.2 Å². The Morgan fingerprint density at radius 1 is 1.50 bits per heavy atom. The van der Waals surface area contributed by atoms with Gasteiger partial charge >= 0.3 is 0 Å². The summed E-state index contributed by atoms with van der Waals surface area (Å²) in [5.74, 6) is -0.784. The maximum Gasteiger partial charge on any atom is 0.257 e. The lowest BCUT2D eigenvalue weighted by Crippen LogP contribution is -2.24. The second kappa shape index (κ2) is 4.14. The fourth-order valence-corrected chi connectivity index (χ4v) is 1.35. The highest BCUT2D eigenvalue weighted by molar-refractivity contribution is 5.66. The van der Waals surface area contributed by atoms with Crippen molar-refractivity contribution >= 4 is 5.97 Å². The third kappa shape index (κ3) is 2.25. The van der Waals surface area contributed by atoms with Gasteiger partial charge in [-0.05, 0) is 19.1 Å². The summed E-state index contributed by atoms with van der Waals surface area (Å²) >= 11 is 0. The molecule has 5 heteroatoms. The number of aliphatic carboxylic acids is 1. The summed E-state index contributed by atoms with van der Waals surface area (Å²) in [6.45, 7) is 1.95. The van der Waals surface area contributed by atoms with Crippen LogP contribution in [0.3, 0.4) is 0 Å². The van der Waals surface area contributed by atoms with Gasteiger partial charge in [0.05, 0.1) is 6.42 Å². The van der Waals surface area contributed by atoms with Gasteiger partial charge in [0, 0.05) is 11.5 Å². The molecule has 1 aromatic carbocycles. The van der Waals surface area contributed by atoms with Gasteiger partial charge in [-0.3, -0.25) is 0 Å². The van der Waals surface area contributed by atoms with Crippen molar-refractivity contribution in [1.82, 2.24) is 10.1 Å². The highest BCUT2D eigenvalue weighted by atomic mass is 16.5. The summed E-state index contributed by atoms with van der Waals surface area (Å²) in [4.78, 5) is 14.3. The highest BCUT2D eigenvalue weighted by Crippen LogP contribution is 2.17. The van der Waals surface area contributed by atoms with Gasteiger partial charge < -0.3 is 14.4 Å². The summed E-state index contributed by atoms with van der Waals surface area (Å²) in [6.07, 6.45) is -0.338. The van der Waals surface area contributed by atoms with E-state index >= 15 is 0 Å². The van der Waals surface area contributed by atoms with E-state index in [4.69, 9.17) is 4.52 Å². The molecule has 0 aliphatic heterocycles. The standard InChI is InChI=1S/C11H10N2O3/c1-7-3-2-4-8(5-7)11-12-9(13-16-11)6-10(14)15/h2-5H,6H2,1H3,(H,14,15)/p-1. The molecule has 0 fully saturated rings. The smallest absolute Gasteiger partial charge is 0.257 e. The molecule has 5 nitrogen and oxygen atoms in total. The molecule has 0 amide bonds. The van der Waals surface area contributed by atoms with E-state index in [1.54, 1.807) is 0 Å². The number of hydrogen-bond acceptors (Lipinski definition) is 5. The Kier molecular flexibility index (Phi) is 2.68. The van der Waals surface area contributed by atoms with E-state index in [1.165, 1.54) is 0 Å². The molecule has 0 radical (unpaired) electrons. The summed E-state index contributed by atoms with van der Waals surface area (Å²) < 4.78 is 4.95. The van der Waals surface area contributed by atoms with E-state index in [0.717, 1.165) is 11.1 Å². The second-order valence-electron chi connectivity index (χ2n) is 3.43. The molecule has 0 bridgehead atoms. The van der Waals surface area contributed by atoms with Gasteiger partial charge in [0.1, 0.15) is 0 Å². The van der Waals surface area contributed by atoms with Crippen molar-refractivity contribution in [2.45, 2.75) is 13.3 Å². The molecule has 0 spiro atoms. The fraction of sp³-hybridized carbons (Fsp3) is 0.182. The SMILES string of the molecule is Cc1cccc(-c2nc(CC(=O)[O-])no2)c1. The molecule has 1 aromatic heterocycles. The summed E-state index contributed by atoms with van der Waals surface area (Å²) in [6, 6.07) is 7.52. The number of carboxylic acid groups (broad SMARTS) is 1. The number of aryl methyl sites for hydroxylation is 1. The van der Waals surface area contributed by atoms with E-state index in [0.29, 0.717) is 5.89 Å². The molecule has 0 saturated heterocycles. The maximum absolute atomic E-state index is 10.3. The number of benzene rings is 1. The maximum atomic E-state index is 10.3. The molecule has 0 aliphatic carbocycles. The number of carbonyl (C=O) groups is 1. The molecule has 1 heterocycles. The zero-order chi connectivity index (χ0) is 11.5. The average molecular weight is 217 g/mol. The zero-order valence-electron chi connectivity index (χ0n) is 8.64. The van der Waals surface area contributed by atoms with Crippen molar-refractivity contribution in [2.75, 3.05) is 0 Å². The van der Waals surface area contributed by atoms with Crippen molar-refractivity contribution in [3.8, 4) is 11.5 Å². The molecule has 0 aliphatic rings. The number of carbonyl (C=O) groups excluding carboxylic acids is 1. The lowest BCUT2D eigenvalue weighted by atomic mass is 10.1. The number of nitrogens with zero attached hydrogens (tertiary/aromatic N) is 2. The minimum absolute atomic E-state index is 0.122. The van der Waals surface area contributed by atoms with Gasteiger partial charge in [-0.1, -0.05) is 22.9 Å². The molecule has 2 aromatic rings. The van der Waals surface area contributed by atoms with Crippen molar-refractivity contribution in [1.29, 1.82) is 0 Å². The van der Waals surface area contributed by atoms with Crippen LogP contribution in [0.1, 0.15) is 11.4 Å². The Hall–Kier alpha value is -2.17. The van der Waals surface area contributed by atoms with Gasteiger partial charge in [-0.2, -0.15) is 4.98 Å². The lowest BCUT2D eigenvalue weighted by Gasteiger charge is -1.95. The predicted molar refractivity (Wildman–Crippen MR) is 53.2 cm³/mol. The first kappa shape index (κ1) is 10.4. The molecule has 82 valence electrons. The Balaban J connectivity index is 2.28. The van der Waals surface area contributed by atoms with Crippen molar-refractivity contribution < 1.29 is 14.4 Å². The van der Waals surface area contributed by atoms with Gasteiger partial charge in [-0.15, -0.1) is 0 Å². The molecule has 0 unspecified atom stereocenters. The summed E-state index contributed by atoms with van der Waals surface area (Å²) in [5.41, 5.74) is 1.84. The van der Waals surface area contributed by atoms with E-state index in [9.17, 15) is 9.90 Å². The van der Waals surface area contributed by atoms with Crippen molar-refractivity contribution in [3.05, 3.63) is 35.7 Å². The largest absolute Gasteiger partial charge is 0.550 e. The van der Waals surface area contributed by atoms with Crippen LogP contribution in [0.2, 0.25) is 0 Å². The summed E-state index contributed by atoms with van der Waals surface area (Å²) in [7, 11) is 0. The monoisotopic (exact) mass is 217 g/mol. The van der Waals surface area contributed by atoms with Crippen LogP contribution < -0.4 is 5.11 Å². The topological polar surface area (TPSA) is 79.0 Å². The third-order valence-corrected chi connectivity index (χ3v) is 2.04. The van der Waals surface area contributed by atoms with Crippen LogP contribution in [0.15, 0.2) is 28.8 Å². The Bertz CT molecular complexity index is 519. The minimum Gasteiger partial charge on any atom is -0.550 e. The molecule has 0 atom stereocenters. The third-order valence-electron chi connectivity index (χ3n) is 2.04. The quantitative estimate of drug-likeness (QED) is 0.740. The first-order valence-corrected chi connectivity index (χ1v) is 4.74. The van der Waals surface area contributed by atoms with Gasteiger partial charge in [0.2, 0.25) is 0 Å². The molecule has 16 heavy (non-hydrogen) atoms. The zero-order valence-corrected chi connectivity index (χ0v) is 8.64. The summed E-state index contributed by atoms with van der Waals surface area (Å²) in [5, 5.41) is 13.9. The number of carboxylic acids is 1. The first-order valence-electron chi connectivity index (χ1n) is 4.74. The second-order valence-corrected chi connectivity index (χ2v) is 3.43. The number of rotatable bonds is 3. The van der Waals surface area contributed by atoms with Gasteiger partial charge in [0.25, 0.3) is 5.89 Å². The average Bonchev–Trinajstić information content (AvgIpc) is 2.65. The predicted octanol–water partition coefficient (Wildman–Crippen LogP) is 0.337.